The summed E-state index contributed by atoms with van der Waals surface area (Å²) in [7, 11) is 0. The van der Waals surface area contributed by atoms with Crippen LogP contribution in [0.2, 0.25) is 0 Å². The number of ether oxygens (including phenoxy) is 4. The average molecular weight is 706 g/mol. The third-order valence-corrected chi connectivity index (χ3v) is 7.23. The highest BCUT2D eigenvalue weighted by atomic mass is 16.6. The van der Waals surface area contributed by atoms with Gasteiger partial charge in [0, 0.05) is 45.3 Å². The van der Waals surface area contributed by atoms with Crippen molar-refractivity contribution in [1.29, 1.82) is 0 Å². The second kappa shape index (κ2) is 22.4. The maximum Gasteiger partial charge on any atom is 0.407 e. The number of rotatable bonds is 19. The molecule has 13 heteroatoms. The number of alkyl carbamates (subject to hydrolysis) is 4. The molecule has 0 saturated carbocycles. The van der Waals surface area contributed by atoms with Gasteiger partial charge in [-0.05, 0) is 50.3 Å². The van der Waals surface area contributed by atoms with Crippen LogP contribution in [-0.2, 0) is 38.8 Å². The molecule has 0 aliphatic rings. The standard InChI is InChI=1S/C38H51N5O8/c1-38(2,3)51-36(46)39-21-13-20-33(42-37(47)50-29-32-18-11-6-12-19-32)26-43(24-22-40-34(44)48-27-30-14-7-4-8-15-30)25-23-41-35(45)49-28-31-16-9-5-10-17-31/h4-12,14-19,33H,13,20-29H2,1-3H3,(H,39,46)(H,40,44)(H,41,45)(H,42,47). The second-order valence-electron chi connectivity index (χ2n) is 12.8. The number of carbonyl (C=O) groups is 4. The van der Waals surface area contributed by atoms with E-state index in [2.05, 4.69) is 21.3 Å². The maximum atomic E-state index is 12.9. The van der Waals surface area contributed by atoms with Crippen LogP contribution in [0.4, 0.5) is 19.2 Å². The molecule has 0 heterocycles. The number of amides is 4. The van der Waals surface area contributed by atoms with Crippen molar-refractivity contribution >= 4 is 24.4 Å². The molecule has 0 aliphatic carbocycles. The van der Waals surface area contributed by atoms with E-state index in [1.165, 1.54) is 0 Å². The fourth-order valence-corrected chi connectivity index (χ4v) is 4.78. The molecule has 4 amide bonds. The van der Waals surface area contributed by atoms with Crippen molar-refractivity contribution in [3.8, 4) is 0 Å². The molecule has 13 nitrogen and oxygen atoms in total. The number of benzene rings is 3. The normalized spacial score (nSPS) is 11.5. The van der Waals surface area contributed by atoms with Gasteiger partial charge in [0.2, 0.25) is 0 Å². The molecular weight excluding hydrogens is 654 g/mol. The zero-order valence-electron chi connectivity index (χ0n) is 29.7. The SMILES string of the molecule is CC(C)(C)OC(=O)NCCCC(CN(CCNC(=O)OCc1ccccc1)CCNC(=O)OCc1ccccc1)NC(=O)OCc1ccccc1. The minimum atomic E-state index is -0.624. The average Bonchev–Trinajstić information content (AvgIpc) is 3.11. The van der Waals surface area contributed by atoms with Gasteiger partial charge in [0.1, 0.15) is 25.4 Å². The van der Waals surface area contributed by atoms with Crippen LogP contribution in [0.1, 0.15) is 50.3 Å². The molecule has 1 unspecified atom stereocenters. The molecule has 1 atom stereocenters. The van der Waals surface area contributed by atoms with E-state index in [1.54, 1.807) is 20.8 Å². The van der Waals surface area contributed by atoms with Gasteiger partial charge in [-0.25, -0.2) is 19.2 Å². The van der Waals surface area contributed by atoms with Crippen LogP contribution in [-0.4, -0.2) is 80.2 Å². The molecule has 3 rings (SSSR count). The second-order valence-corrected chi connectivity index (χ2v) is 12.8. The molecule has 0 aromatic heterocycles. The Morgan fingerprint density at radius 3 is 1.43 bits per heavy atom. The van der Waals surface area contributed by atoms with Crippen LogP contribution in [0.3, 0.4) is 0 Å². The topological polar surface area (TPSA) is 157 Å². The predicted octanol–water partition coefficient (Wildman–Crippen LogP) is 5.74. The Morgan fingerprint density at radius 1 is 0.588 bits per heavy atom. The van der Waals surface area contributed by atoms with Crippen molar-refractivity contribution in [3.63, 3.8) is 0 Å². The molecule has 0 aliphatic heterocycles. The molecule has 0 fully saturated rings. The Kier molecular flexibility index (Phi) is 17.6. The highest BCUT2D eigenvalue weighted by Crippen LogP contribution is 2.08. The number of nitrogens with one attached hydrogen (secondary N) is 4. The Balaban J connectivity index is 1.59. The lowest BCUT2D eigenvalue weighted by atomic mass is 10.1. The quantitative estimate of drug-likeness (QED) is 0.0902. The van der Waals surface area contributed by atoms with Gasteiger partial charge in [0.05, 0.1) is 0 Å². The zero-order valence-corrected chi connectivity index (χ0v) is 29.7. The van der Waals surface area contributed by atoms with Gasteiger partial charge in [-0.1, -0.05) is 91.0 Å². The first-order chi connectivity index (χ1) is 24.6. The molecule has 0 spiro atoms. The Bertz CT molecular complexity index is 1390. The van der Waals surface area contributed by atoms with Gasteiger partial charge in [-0.2, -0.15) is 0 Å². The van der Waals surface area contributed by atoms with Crippen LogP contribution in [0.25, 0.3) is 0 Å². The molecule has 0 radical (unpaired) electrons. The summed E-state index contributed by atoms with van der Waals surface area (Å²) >= 11 is 0. The highest BCUT2D eigenvalue weighted by Gasteiger charge is 2.20. The van der Waals surface area contributed by atoms with Gasteiger partial charge in [-0.3, -0.25) is 4.90 Å². The number of carbonyl (C=O) groups excluding carboxylic acids is 4. The van der Waals surface area contributed by atoms with Crippen molar-refractivity contribution in [2.45, 2.75) is 65.1 Å². The van der Waals surface area contributed by atoms with Gasteiger partial charge >= 0.3 is 24.4 Å². The van der Waals surface area contributed by atoms with Crippen LogP contribution in [0, 0.1) is 0 Å². The van der Waals surface area contributed by atoms with E-state index in [1.807, 2.05) is 95.9 Å². The predicted molar refractivity (Wildman–Crippen MR) is 193 cm³/mol. The molecule has 0 saturated heterocycles. The van der Waals surface area contributed by atoms with Gasteiger partial charge < -0.3 is 40.2 Å². The number of hydrogen-bond donors (Lipinski definition) is 4. The minimum absolute atomic E-state index is 0.104. The van der Waals surface area contributed by atoms with Crippen LogP contribution < -0.4 is 21.3 Å². The zero-order chi connectivity index (χ0) is 36.7. The lowest BCUT2D eigenvalue weighted by Crippen LogP contribution is -2.48. The summed E-state index contributed by atoms with van der Waals surface area (Å²) in [5.74, 6) is 0. The number of hydrogen-bond acceptors (Lipinski definition) is 9. The van der Waals surface area contributed by atoms with E-state index in [-0.39, 0.29) is 32.9 Å². The van der Waals surface area contributed by atoms with Gasteiger partial charge in [0.25, 0.3) is 0 Å². The largest absolute Gasteiger partial charge is 0.445 e. The molecule has 51 heavy (non-hydrogen) atoms. The summed E-state index contributed by atoms with van der Waals surface area (Å²) in [6, 6.07) is 27.7. The molecular formula is C38H51N5O8. The molecule has 3 aromatic rings. The van der Waals surface area contributed by atoms with Crippen LogP contribution in [0.15, 0.2) is 91.0 Å². The van der Waals surface area contributed by atoms with E-state index in [4.69, 9.17) is 18.9 Å². The minimum Gasteiger partial charge on any atom is -0.445 e. The Labute approximate surface area is 300 Å². The first-order valence-electron chi connectivity index (χ1n) is 17.1. The molecule has 4 N–H and O–H groups in total. The summed E-state index contributed by atoms with van der Waals surface area (Å²) in [5, 5.41) is 11.2. The monoisotopic (exact) mass is 705 g/mol. The van der Waals surface area contributed by atoms with Crippen molar-refractivity contribution < 1.29 is 38.1 Å². The smallest absolute Gasteiger partial charge is 0.407 e. The summed E-state index contributed by atoms with van der Waals surface area (Å²) in [6.07, 6.45) is -1.21. The van der Waals surface area contributed by atoms with E-state index in [0.29, 0.717) is 39.0 Å². The van der Waals surface area contributed by atoms with Crippen molar-refractivity contribution in [2.24, 2.45) is 0 Å². The molecule has 276 valence electrons. The molecule has 3 aromatic carbocycles. The first-order valence-corrected chi connectivity index (χ1v) is 17.1. The van der Waals surface area contributed by atoms with E-state index in [0.717, 1.165) is 16.7 Å². The maximum absolute atomic E-state index is 12.9. The highest BCUT2D eigenvalue weighted by molar-refractivity contribution is 5.68. The summed E-state index contributed by atoms with van der Waals surface area (Å²) in [4.78, 5) is 51.9. The summed E-state index contributed by atoms with van der Waals surface area (Å²) in [5.41, 5.74) is 1.96. The summed E-state index contributed by atoms with van der Waals surface area (Å²) < 4.78 is 21.5. The third kappa shape index (κ3) is 18.9. The van der Waals surface area contributed by atoms with Gasteiger partial charge in [0.15, 0.2) is 0 Å². The lowest BCUT2D eigenvalue weighted by molar-refractivity contribution is 0.0525. The van der Waals surface area contributed by atoms with Crippen molar-refractivity contribution in [2.75, 3.05) is 39.3 Å². The van der Waals surface area contributed by atoms with Crippen LogP contribution >= 0.6 is 0 Å². The fourth-order valence-electron chi connectivity index (χ4n) is 4.78. The first kappa shape index (κ1) is 40.1. The van der Waals surface area contributed by atoms with E-state index >= 15 is 0 Å². The van der Waals surface area contributed by atoms with E-state index < -0.39 is 36.0 Å². The lowest BCUT2D eigenvalue weighted by Gasteiger charge is -2.28. The number of nitrogens with zero attached hydrogens (tertiary/aromatic N) is 1. The fraction of sp³-hybridized carbons (Fsp3) is 0.421. The van der Waals surface area contributed by atoms with Gasteiger partial charge in [-0.15, -0.1) is 0 Å². The summed E-state index contributed by atoms with van der Waals surface area (Å²) in [6.45, 7) is 7.70. The van der Waals surface area contributed by atoms with Crippen molar-refractivity contribution in [3.05, 3.63) is 108 Å². The van der Waals surface area contributed by atoms with Crippen molar-refractivity contribution in [1.82, 2.24) is 26.2 Å². The van der Waals surface area contributed by atoms with Crippen LogP contribution in [0.5, 0.6) is 0 Å². The Morgan fingerprint density at radius 2 is 1.00 bits per heavy atom. The molecule has 0 bridgehead atoms. The Hall–Kier alpha value is -5.30. The third-order valence-electron chi connectivity index (χ3n) is 7.23. The van der Waals surface area contributed by atoms with E-state index in [9.17, 15) is 19.2 Å².